The Balaban J connectivity index is 1.53. The third kappa shape index (κ3) is 7.10. The first-order valence-electron chi connectivity index (χ1n) is 10.5. The van der Waals surface area contributed by atoms with Crippen LogP contribution in [0.1, 0.15) is 24.0 Å². The molecule has 0 aromatic heterocycles. The van der Waals surface area contributed by atoms with Crippen molar-refractivity contribution in [1.29, 1.82) is 0 Å². The maximum atomic E-state index is 10.7. The molecule has 6 nitrogen and oxygen atoms in total. The SMILES string of the molecule is CNc1ccccc1N=Nc1cc(Cl)ccc1CCCCOc1ccc(CC(=O)O)cc1. The maximum Gasteiger partial charge on any atom is 0.307 e. The lowest BCUT2D eigenvalue weighted by Crippen LogP contribution is -2.01. The molecule has 0 atom stereocenters. The van der Waals surface area contributed by atoms with Gasteiger partial charge in [-0.2, -0.15) is 5.11 Å². The van der Waals surface area contributed by atoms with E-state index in [1.807, 2.05) is 49.5 Å². The molecule has 0 amide bonds. The molecule has 0 spiro atoms. The van der Waals surface area contributed by atoms with E-state index in [9.17, 15) is 4.79 Å². The normalized spacial score (nSPS) is 10.9. The van der Waals surface area contributed by atoms with Gasteiger partial charge in [-0.25, -0.2) is 0 Å². The first-order valence-corrected chi connectivity index (χ1v) is 10.8. The molecular weight excluding hydrogens is 426 g/mol. The number of unbranched alkanes of at least 4 members (excludes halogenated alkanes) is 1. The molecule has 0 bridgehead atoms. The Bertz CT molecular complexity index is 1070. The average Bonchev–Trinajstić information content (AvgIpc) is 2.79. The fourth-order valence-corrected chi connectivity index (χ4v) is 3.37. The molecule has 0 aliphatic carbocycles. The van der Waals surface area contributed by atoms with Crippen LogP contribution in [0.3, 0.4) is 0 Å². The predicted octanol–water partition coefficient (Wildman–Crippen LogP) is 6.83. The van der Waals surface area contributed by atoms with E-state index >= 15 is 0 Å². The van der Waals surface area contributed by atoms with E-state index in [1.165, 1.54) is 0 Å². The summed E-state index contributed by atoms with van der Waals surface area (Å²) in [6.07, 6.45) is 2.65. The van der Waals surface area contributed by atoms with Crippen molar-refractivity contribution in [2.24, 2.45) is 10.2 Å². The van der Waals surface area contributed by atoms with E-state index in [-0.39, 0.29) is 6.42 Å². The second kappa shape index (κ2) is 11.9. The fraction of sp³-hybridized carbons (Fsp3) is 0.240. The molecule has 0 aliphatic heterocycles. The molecule has 166 valence electrons. The highest BCUT2D eigenvalue weighted by Gasteiger charge is 2.05. The van der Waals surface area contributed by atoms with Gasteiger partial charge in [0.15, 0.2) is 0 Å². The maximum absolute atomic E-state index is 10.7. The summed E-state index contributed by atoms with van der Waals surface area (Å²) in [5.74, 6) is -0.102. The molecule has 0 heterocycles. The number of carboxylic acid groups (broad SMARTS) is 1. The minimum Gasteiger partial charge on any atom is -0.494 e. The van der Waals surface area contributed by atoms with Crippen LogP contribution in [0.5, 0.6) is 5.75 Å². The molecule has 0 radical (unpaired) electrons. The van der Waals surface area contributed by atoms with Gasteiger partial charge in [0, 0.05) is 12.1 Å². The highest BCUT2D eigenvalue weighted by atomic mass is 35.5. The molecule has 0 saturated carbocycles. The smallest absolute Gasteiger partial charge is 0.307 e. The number of aliphatic carboxylic acids is 1. The van der Waals surface area contributed by atoms with Crippen LogP contribution < -0.4 is 10.1 Å². The van der Waals surface area contributed by atoms with Crippen LogP contribution in [0.25, 0.3) is 0 Å². The number of rotatable bonds is 11. The second-order valence-electron chi connectivity index (χ2n) is 7.26. The van der Waals surface area contributed by atoms with E-state index in [2.05, 4.69) is 15.5 Å². The van der Waals surface area contributed by atoms with Crippen molar-refractivity contribution < 1.29 is 14.6 Å². The number of azo groups is 1. The van der Waals surface area contributed by atoms with Crippen molar-refractivity contribution in [3.05, 3.63) is 82.9 Å². The summed E-state index contributed by atoms with van der Waals surface area (Å²) in [4.78, 5) is 10.7. The van der Waals surface area contributed by atoms with E-state index in [0.717, 1.165) is 53.2 Å². The van der Waals surface area contributed by atoms with Crippen molar-refractivity contribution in [1.82, 2.24) is 0 Å². The largest absolute Gasteiger partial charge is 0.494 e. The van der Waals surface area contributed by atoms with Gasteiger partial charge >= 0.3 is 5.97 Å². The number of para-hydroxylation sites is 1. The summed E-state index contributed by atoms with van der Waals surface area (Å²) in [5.41, 5.74) is 4.28. The number of carboxylic acids is 1. The van der Waals surface area contributed by atoms with Crippen LogP contribution in [0.15, 0.2) is 77.0 Å². The Labute approximate surface area is 192 Å². The number of carbonyl (C=O) groups is 1. The third-order valence-corrected chi connectivity index (χ3v) is 5.11. The molecule has 32 heavy (non-hydrogen) atoms. The number of halogens is 1. The molecule has 3 aromatic rings. The molecule has 3 aromatic carbocycles. The van der Waals surface area contributed by atoms with Crippen molar-refractivity contribution in [3.8, 4) is 5.75 Å². The van der Waals surface area contributed by atoms with Crippen molar-refractivity contribution in [2.75, 3.05) is 19.0 Å². The molecule has 0 unspecified atom stereocenters. The number of nitrogens with one attached hydrogen (secondary N) is 1. The number of ether oxygens (including phenoxy) is 1. The van der Waals surface area contributed by atoms with Gasteiger partial charge in [0.25, 0.3) is 0 Å². The van der Waals surface area contributed by atoms with Gasteiger partial charge < -0.3 is 15.2 Å². The highest BCUT2D eigenvalue weighted by molar-refractivity contribution is 6.30. The van der Waals surface area contributed by atoms with Crippen LogP contribution in [0, 0.1) is 0 Å². The standard InChI is InChI=1S/C25H26ClN3O3/c1-27-22-7-2-3-8-23(22)28-29-24-17-20(26)12-11-19(24)6-4-5-15-32-21-13-9-18(10-14-21)16-25(30)31/h2-3,7-14,17,27H,4-6,15-16H2,1H3,(H,30,31). The Morgan fingerprint density at radius 3 is 2.50 bits per heavy atom. The number of anilines is 1. The van der Waals surface area contributed by atoms with Gasteiger partial charge in [-0.1, -0.05) is 41.9 Å². The average molecular weight is 452 g/mol. The minimum absolute atomic E-state index is 0.0155. The Hall–Kier alpha value is -3.38. The zero-order chi connectivity index (χ0) is 22.8. The van der Waals surface area contributed by atoms with E-state index in [1.54, 1.807) is 24.3 Å². The molecule has 0 saturated heterocycles. The zero-order valence-corrected chi connectivity index (χ0v) is 18.7. The lowest BCUT2D eigenvalue weighted by Gasteiger charge is -2.08. The molecule has 3 rings (SSSR count). The number of hydrogen-bond acceptors (Lipinski definition) is 5. The van der Waals surface area contributed by atoms with Crippen LogP contribution in [-0.2, 0) is 17.6 Å². The van der Waals surface area contributed by atoms with Gasteiger partial charge in [-0.05, 0) is 66.8 Å². The quantitative estimate of drug-likeness (QED) is 0.247. The molecule has 2 N–H and O–H groups in total. The third-order valence-electron chi connectivity index (χ3n) is 4.87. The van der Waals surface area contributed by atoms with Gasteiger partial charge in [-0.3, -0.25) is 4.79 Å². The van der Waals surface area contributed by atoms with Crippen molar-refractivity contribution >= 4 is 34.6 Å². The Morgan fingerprint density at radius 1 is 1.00 bits per heavy atom. The number of nitrogens with zero attached hydrogens (tertiary/aromatic N) is 2. The minimum atomic E-state index is -0.842. The summed E-state index contributed by atoms with van der Waals surface area (Å²) in [6.45, 7) is 0.582. The summed E-state index contributed by atoms with van der Waals surface area (Å²) < 4.78 is 5.77. The number of hydrogen-bond donors (Lipinski definition) is 2. The van der Waals surface area contributed by atoms with E-state index in [0.29, 0.717) is 11.6 Å². The number of aryl methyl sites for hydroxylation is 1. The fourth-order valence-electron chi connectivity index (χ4n) is 3.21. The highest BCUT2D eigenvalue weighted by Crippen LogP contribution is 2.30. The van der Waals surface area contributed by atoms with E-state index in [4.69, 9.17) is 21.4 Å². The summed E-state index contributed by atoms with van der Waals surface area (Å²) in [5, 5.41) is 21.4. The monoisotopic (exact) mass is 451 g/mol. The lowest BCUT2D eigenvalue weighted by molar-refractivity contribution is -0.136. The van der Waals surface area contributed by atoms with Crippen molar-refractivity contribution in [3.63, 3.8) is 0 Å². The topological polar surface area (TPSA) is 83.3 Å². The summed E-state index contributed by atoms with van der Waals surface area (Å²) in [7, 11) is 1.85. The first-order chi connectivity index (χ1) is 15.5. The molecule has 0 aliphatic rings. The second-order valence-corrected chi connectivity index (χ2v) is 7.70. The predicted molar refractivity (Wildman–Crippen MR) is 128 cm³/mol. The van der Waals surface area contributed by atoms with Crippen molar-refractivity contribution in [2.45, 2.75) is 25.7 Å². The van der Waals surface area contributed by atoms with Gasteiger partial charge in [-0.15, -0.1) is 5.11 Å². The van der Waals surface area contributed by atoms with Crippen LogP contribution in [0.4, 0.5) is 17.1 Å². The Morgan fingerprint density at radius 2 is 1.75 bits per heavy atom. The van der Waals surface area contributed by atoms with Gasteiger partial charge in [0.2, 0.25) is 0 Å². The van der Waals surface area contributed by atoms with Crippen LogP contribution >= 0.6 is 11.6 Å². The summed E-state index contributed by atoms with van der Waals surface area (Å²) in [6, 6.07) is 20.6. The van der Waals surface area contributed by atoms with Crippen LogP contribution in [0.2, 0.25) is 5.02 Å². The summed E-state index contributed by atoms with van der Waals surface area (Å²) >= 11 is 6.18. The van der Waals surface area contributed by atoms with E-state index < -0.39 is 5.97 Å². The number of benzene rings is 3. The molecule has 7 heteroatoms. The molecular formula is C25H26ClN3O3. The molecule has 0 fully saturated rings. The van der Waals surface area contributed by atoms with Gasteiger partial charge in [0.1, 0.15) is 11.4 Å². The van der Waals surface area contributed by atoms with Gasteiger partial charge in [0.05, 0.1) is 24.4 Å². The van der Waals surface area contributed by atoms with Crippen LogP contribution in [-0.4, -0.2) is 24.7 Å². The Kier molecular flexibility index (Phi) is 8.63. The zero-order valence-electron chi connectivity index (χ0n) is 17.9. The lowest BCUT2D eigenvalue weighted by atomic mass is 10.1. The first kappa shape index (κ1) is 23.3.